The minimum absolute atomic E-state index is 0.00607. The molecule has 4 nitrogen and oxygen atoms in total. The lowest BCUT2D eigenvalue weighted by Gasteiger charge is -2.19. The van der Waals surface area contributed by atoms with Crippen LogP contribution in [0.1, 0.15) is 19.8 Å². The Labute approximate surface area is 126 Å². The monoisotopic (exact) mass is 338 g/mol. The SMILES string of the molecule is CCOC(=O)C(CC(Cl)CC(Cl)(Cl)Cl)C(=O)OC. The Hall–Kier alpha value is 0.1000. The zero-order chi connectivity index (χ0) is 14.3. The third-order valence-corrected chi connectivity index (χ3v) is 2.80. The highest BCUT2D eigenvalue weighted by Crippen LogP contribution is 2.35. The maximum atomic E-state index is 11.6. The van der Waals surface area contributed by atoms with Gasteiger partial charge in [0, 0.05) is 11.8 Å². The van der Waals surface area contributed by atoms with E-state index in [-0.39, 0.29) is 19.4 Å². The molecule has 0 saturated heterocycles. The van der Waals surface area contributed by atoms with Crippen LogP contribution in [0.4, 0.5) is 0 Å². The van der Waals surface area contributed by atoms with Gasteiger partial charge in [0.15, 0.2) is 9.71 Å². The molecule has 18 heavy (non-hydrogen) atoms. The van der Waals surface area contributed by atoms with Gasteiger partial charge in [-0.15, -0.1) is 11.6 Å². The molecule has 0 aliphatic rings. The van der Waals surface area contributed by atoms with Crippen LogP contribution in [0.3, 0.4) is 0 Å². The van der Waals surface area contributed by atoms with Crippen LogP contribution >= 0.6 is 46.4 Å². The molecule has 0 amide bonds. The number of carbonyl (C=O) groups is 2. The lowest BCUT2D eigenvalue weighted by Crippen LogP contribution is -2.30. The molecule has 0 radical (unpaired) electrons. The van der Waals surface area contributed by atoms with Gasteiger partial charge in [0.25, 0.3) is 0 Å². The van der Waals surface area contributed by atoms with Crippen molar-refractivity contribution >= 4 is 58.3 Å². The van der Waals surface area contributed by atoms with Crippen molar-refractivity contribution in [3.63, 3.8) is 0 Å². The summed E-state index contributed by atoms with van der Waals surface area (Å²) in [6.07, 6.45) is -0.00685. The van der Waals surface area contributed by atoms with Gasteiger partial charge in [-0.05, 0) is 13.3 Å². The lowest BCUT2D eigenvalue weighted by atomic mass is 10.0. The molecule has 2 atom stereocenters. The molecule has 106 valence electrons. The van der Waals surface area contributed by atoms with E-state index in [9.17, 15) is 9.59 Å². The average Bonchev–Trinajstić information content (AvgIpc) is 2.22. The molecule has 0 heterocycles. The topological polar surface area (TPSA) is 52.6 Å². The normalized spacial score (nSPS) is 14.8. The largest absolute Gasteiger partial charge is 0.468 e. The Morgan fingerprint density at radius 3 is 2.17 bits per heavy atom. The molecular weight excluding hydrogens is 326 g/mol. The highest BCUT2D eigenvalue weighted by atomic mass is 35.6. The maximum Gasteiger partial charge on any atom is 0.320 e. The van der Waals surface area contributed by atoms with Crippen LogP contribution in [0, 0.1) is 5.92 Å². The number of alkyl halides is 4. The van der Waals surface area contributed by atoms with Crippen molar-refractivity contribution in [3.8, 4) is 0 Å². The summed E-state index contributed by atoms with van der Waals surface area (Å²) in [6.45, 7) is 1.79. The van der Waals surface area contributed by atoms with Gasteiger partial charge in [0.05, 0.1) is 13.7 Å². The van der Waals surface area contributed by atoms with Crippen molar-refractivity contribution in [1.82, 2.24) is 0 Å². The van der Waals surface area contributed by atoms with Crippen molar-refractivity contribution in [2.75, 3.05) is 13.7 Å². The molecule has 8 heteroatoms. The Balaban J connectivity index is 4.59. The Bertz CT molecular complexity index is 290. The Morgan fingerprint density at radius 1 is 1.22 bits per heavy atom. The van der Waals surface area contributed by atoms with Crippen LogP contribution in [-0.2, 0) is 19.1 Å². The fourth-order valence-corrected chi connectivity index (χ4v) is 2.47. The first-order valence-corrected chi connectivity index (χ1v) is 6.73. The predicted molar refractivity (Wildman–Crippen MR) is 71.3 cm³/mol. The standard InChI is InChI=1S/C10H14Cl4O4/c1-3-18-9(16)7(8(15)17-2)4-6(11)5-10(12,13)14/h6-7H,3-5H2,1-2H3. The molecule has 0 fully saturated rings. The molecule has 0 N–H and O–H groups in total. The number of esters is 2. The number of ether oxygens (including phenoxy) is 2. The maximum absolute atomic E-state index is 11.6. The second-order valence-corrected chi connectivity index (χ2v) is 6.61. The van der Waals surface area contributed by atoms with Crippen molar-refractivity contribution in [3.05, 3.63) is 0 Å². The molecule has 0 aliphatic carbocycles. The van der Waals surface area contributed by atoms with Crippen LogP contribution in [0.5, 0.6) is 0 Å². The van der Waals surface area contributed by atoms with E-state index >= 15 is 0 Å². The van der Waals surface area contributed by atoms with Gasteiger partial charge in [-0.2, -0.15) is 0 Å². The summed E-state index contributed by atoms with van der Waals surface area (Å²) in [6, 6.07) is 0. The summed E-state index contributed by atoms with van der Waals surface area (Å²) in [5, 5.41) is -0.661. The summed E-state index contributed by atoms with van der Waals surface area (Å²) in [7, 11) is 1.17. The minimum Gasteiger partial charge on any atom is -0.468 e. The van der Waals surface area contributed by atoms with E-state index in [2.05, 4.69) is 4.74 Å². The van der Waals surface area contributed by atoms with E-state index in [1.807, 2.05) is 0 Å². The van der Waals surface area contributed by atoms with E-state index in [0.717, 1.165) is 0 Å². The highest BCUT2D eigenvalue weighted by Gasteiger charge is 2.34. The highest BCUT2D eigenvalue weighted by molar-refractivity contribution is 6.67. The van der Waals surface area contributed by atoms with Crippen LogP contribution in [0.2, 0.25) is 0 Å². The number of rotatable bonds is 6. The predicted octanol–water partition coefficient (Wildman–Crippen LogP) is 3.10. The minimum atomic E-state index is -1.54. The molecule has 0 aromatic rings. The van der Waals surface area contributed by atoms with Crippen molar-refractivity contribution < 1.29 is 19.1 Å². The molecule has 0 spiro atoms. The molecule has 0 saturated carbocycles. The van der Waals surface area contributed by atoms with E-state index < -0.39 is 27.0 Å². The number of hydrogen-bond donors (Lipinski definition) is 0. The third kappa shape index (κ3) is 7.52. The summed E-state index contributed by atoms with van der Waals surface area (Å²) in [5.74, 6) is -2.52. The first kappa shape index (κ1) is 18.1. The van der Waals surface area contributed by atoms with E-state index in [4.69, 9.17) is 51.1 Å². The van der Waals surface area contributed by atoms with Crippen LogP contribution in [-0.4, -0.2) is 34.8 Å². The van der Waals surface area contributed by atoms with Gasteiger partial charge in [0.1, 0.15) is 0 Å². The fraction of sp³-hybridized carbons (Fsp3) is 0.800. The quantitative estimate of drug-likeness (QED) is 0.424. The summed E-state index contributed by atoms with van der Waals surface area (Å²) in [4.78, 5) is 23.0. The smallest absolute Gasteiger partial charge is 0.320 e. The van der Waals surface area contributed by atoms with Crippen molar-refractivity contribution in [1.29, 1.82) is 0 Å². The summed E-state index contributed by atoms with van der Waals surface area (Å²) < 4.78 is 7.73. The van der Waals surface area contributed by atoms with Crippen molar-refractivity contribution in [2.45, 2.75) is 28.9 Å². The van der Waals surface area contributed by atoms with Gasteiger partial charge in [-0.3, -0.25) is 9.59 Å². The van der Waals surface area contributed by atoms with Gasteiger partial charge in [-0.1, -0.05) is 34.8 Å². The molecule has 0 bridgehead atoms. The van der Waals surface area contributed by atoms with Crippen LogP contribution in [0.15, 0.2) is 0 Å². The first-order valence-electron chi connectivity index (χ1n) is 5.16. The first-order chi connectivity index (χ1) is 8.21. The zero-order valence-corrected chi connectivity index (χ0v) is 12.9. The third-order valence-electron chi connectivity index (χ3n) is 2.00. The molecule has 0 rings (SSSR count). The summed E-state index contributed by atoms with van der Waals surface area (Å²) >= 11 is 22.7. The van der Waals surface area contributed by atoms with E-state index in [1.54, 1.807) is 6.92 Å². The van der Waals surface area contributed by atoms with Gasteiger partial charge < -0.3 is 9.47 Å². The Kier molecular flexibility index (Phi) is 8.35. The second kappa shape index (κ2) is 8.31. The molecule has 0 aliphatic heterocycles. The number of carbonyl (C=O) groups excluding carboxylic acids is 2. The number of methoxy groups -OCH3 is 1. The zero-order valence-electron chi connectivity index (χ0n) is 9.92. The van der Waals surface area contributed by atoms with Gasteiger partial charge in [-0.25, -0.2) is 0 Å². The average molecular weight is 340 g/mol. The summed E-state index contributed by atoms with van der Waals surface area (Å²) in [5.41, 5.74) is 0. The van der Waals surface area contributed by atoms with Gasteiger partial charge in [0.2, 0.25) is 0 Å². The molecule has 2 unspecified atom stereocenters. The van der Waals surface area contributed by atoms with Crippen LogP contribution < -0.4 is 0 Å². The number of hydrogen-bond acceptors (Lipinski definition) is 4. The van der Waals surface area contributed by atoms with Crippen LogP contribution in [0.25, 0.3) is 0 Å². The fourth-order valence-electron chi connectivity index (χ4n) is 1.26. The lowest BCUT2D eigenvalue weighted by molar-refractivity contribution is -0.160. The second-order valence-electron chi connectivity index (χ2n) is 3.48. The molecule has 0 aromatic heterocycles. The van der Waals surface area contributed by atoms with Gasteiger partial charge >= 0.3 is 11.9 Å². The van der Waals surface area contributed by atoms with E-state index in [1.165, 1.54) is 7.11 Å². The number of halogens is 4. The van der Waals surface area contributed by atoms with Crippen molar-refractivity contribution in [2.24, 2.45) is 5.92 Å². The molecule has 0 aromatic carbocycles. The molecular formula is C10H14Cl4O4. The van der Waals surface area contributed by atoms with E-state index in [0.29, 0.717) is 0 Å². The Morgan fingerprint density at radius 2 is 1.78 bits per heavy atom.